The lowest BCUT2D eigenvalue weighted by atomic mass is 9.85. The number of carbonyl (C=O) groups is 1. The van der Waals surface area contributed by atoms with E-state index < -0.39 is 6.10 Å². The number of fused-ring (bicyclic) bond motifs is 1. The van der Waals surface area contributed by atoms with E-state index in [-0.39, 0.29) is 42.3 Å². The standard InChI is InChI=1S/C49H57N3O7/c1-49(21-6-7-22-49)42-31-39(48(51-42)52-25-23-50-24-26-52)36-13-8-12-34(30-36)14-19-38-44-43(40(55)32-41(59-44)35-15-17-37(54)18-16-35)46(57-28-9-27-53)47(56-2)45(38)58-29-20-33-10-4-3-5-11-33/h3-5,8,10-13,15-18,30-31,41,50-51,53-54H,6-7,9,14,19-29,32H2,1-2H3. The first-order valence-electron chi connectivity index (χ1n) is 21.3. The summed E-state index contributed by atoms with van der Waals surface area (Å²) in [5.41, 5.74) is 8.01. The summed E-state index contributed by atoms with van der Waals surface area (Å²) < 4.78 is 25.9. The van der Waals surface area contributed by atoms with Crippen molar-refractivity contribution in [2.75, 3.05) is 58.0 Å². The van der Waals surface area contributed by atoms with E-state index in [9.17, 15) is 15.0 Å². The first-order chi connectivity index (χ1) is 28.8. The second-order valence-electron chi connectivity index (χ2n) is 16.4. The second kappa shape index (κ2) is 18.2. The molecule has 3 aliphatic rings. The molecular weight excluding hydrogens is 743 g/mol. The molecule has 310 valence electrons. The molecule has 1 atom stereocenters. The first-order valence-corrected chi connectivity index (χ1v) is 21.3. The van der Waals surface area contributed by atoms with Crippen molar-refractivity contribution in [2.45, 2.75) is 76.2 Å². The number of carbonyl (C=O) groups excluding carboxylic acids is 1. The molecule has 1 saturated heterocycles. The van der Waals surface area contributed by atoms with E-state index in [2.05, 4.69) is 64.6 Å². The smallest absolute Gasteiger partial charge is 0.204 e. The number of aryl methyl sites for hydroxylation is 1. The zero-order valence-corrected chi connectivity index (χ0v) is 34.4. The maximum absolute atomic E-state index is 14.3. The molecule has 0 spiro atoms. The Morgan fingerprint density at radius 3 is 2.34 bits per heavy atom. The number of rotatable bonds is 16. The molecule has 0 bridgehead atoms. The normalized spacial score (nSPS) is 17.4. The summed E-state index contributed by atoms with van der Waals surface area (Å²) in [6.07, 6.45) is 6.59. The van der Waals surface area contributed by atoms with E-state index in [4.69, 9.17) is 18.9 Å². The molecule has 1 aliphatic carbocycles. The molecule has 0 amide bonds. The number of phenols is 1. The highest BCUT2D eigenvalue weighted by atomic mass is 16.5. The summed E-state index contributed by atoms with van der Waals surface area (Å²) in [5.74, 6) is 2.72. The van der Waals surface area contributed by atoms with E-state index in [1.54, 1.807) is 31.4 Å². The second-order valence-corrected chi connectivity index (χ2v) is 16.4. The monoisotopic (exact) mass is 799 g/mol. The number of aromatic hydroxyl groups is 1. The van der Waals surface area contributed by atoms with Crippen LogP contribution in [-0.2, 0) is 24.7 Å². The number of H-pyrrole nitrogens is 1. The van der Waals surface area contributed by atoms with E-state index in [1.165, 1.54) is 48.3 Å². The van der Waals surface area contributed by atoms with Gasteiger partial charge in [0.15, 0.2) is 17.3 Å². The van der Waals surface area contributed by atoms with Crippen LogP contribution in [0.2, 0.25) is 0 Å². The van der Waals surface area contributed by atoms with Crippen molar-refractivity contribution in [1.29, 1.82) is 0 Å². The molecule has 3 heterocycles. The molecule has 10 heteroatoms. The van der Waals surface area contributed by atoms with E-state index in [0.29, 0.717) is 55.1 Å². The molecule has 2 fully saturated rings. The number of benzene rings is 4. The molecule has 1 saturated carbocycles. The molecule has 1 unspecified atom stereocenters. The third-order valence-electron chi connectivity index (χ3n) is 12.3. The van der Waals surface area contributed by atoms with Gasteiger partial charge in [-0.05, 0) is 66.1 Å². The van der Waals surface area contributed by atoms with E-state index in [1.807, 2.05) is 18.2 Å². The molecule has 10 nitrogen and oxygen atoms in total. The van der Waals surface area contributed by atoms with Crippen molar-refractivity contribution in [3.8, 4) is 39.9 Å². The van der Waals surface area contributed by atoms with Gasteiger partial charge in [-0.2, -0.15) is 0 Å². The predicted molar refractivity (Wildman–Crippen MR) is 231 cm³/mol. The predicted octanol–water partition coefficient (Wildman–Crippen LogP) is 8.51. The number of aliphatic hydroxyl groups is 1. The molecule has 0 radical (unpaired) electrons. The fourth-order valence-electron chi connectivity index (χ4n) is 9.00. The molecule has 59 heavy (non-hydrogen) atoms. The number of aromatic amines is 1. The number of aliphatic hydroxyl groups excluding tert-OH is 1. The number of Topliss-reactive ketones (excluding diaryl/α,β-unsaturated/α-hetero) is 1. The van der Waals surface area contributed by atoms with Crippen LogP contribution in [-0.4, -0.2) is 74.1 Å². The lowest BCUT2D eigenvalue weighted by Crippen LogP contribution is -2.43. The quantitative estimate of drug-likeness (QED) is 0.0728. The van der Waals surface area contributed by atoms with Gasteiger partial charge in [0.05, 0.1) is 26.7 Å². The molecule has 4 N–H and O–H groups in total. The fraction of sp³-hybridized carbons (Fsp3) is 0.408. The number of piperazine rings is 1. The average Bonchev–Trinajstić information content (AvgIpc) is 3.93. The van der Waals surface area contributed by atoms with Crippen LogP contribution in [0.25, 0.3) is 11.1 Å². The van der Waals surface area contributed by atoms with Crippen molar-refractivity contribution in [3.05, 3.63) is 118 Å². The number of nitrogens with one attached hydrogen (secondary N) is 2. The van der Waals surface area contributed by atoms with Crippen LogP contribution in [0.1, 0.15) is 89.9 Å². The van der Waals surface area contributed by atoms with Crippen LogP contribution in [0.3, 0.4) is 0 Å². The first kappa shape index (κ1) is 40.3. The third-order valence-corrected chi connectivity index (χ3v) is 12.3. The van der Waals surface area contributed by atoms with Crippen molar-refractivity contribution in [2.24, 2.45) is 0 Å². The molecule has 4 aromatic carbocycles. The molecule has 2 aliphatic heterocycles. The largest absolute Gasteiger partial charge is 0.508 e. The van der Waals surface area contributed by atoms with Gasteiger partial charge in [0.1, 0.15) is 29.0 Å². The Morgan fingerprint density at radius 2 is 1.59 bits per heavy atom. The van der Waals surface area contributed by atoms with E-state index >= 15 is 0 Å². The van der Waals surface area contributed by atoms with Crippen molar-refractivity contribution < 1.29 is 34.0 Å². The Bertz CT molecular complexity index is 2210. The van der Waals surface area contributed by atoms with Crippen LogP contribution >= 0.6 is 0 Å². The van der Waals surface area contributed by atoms with Crippen molar-refractivity contribution in [1.82, 2.24) is 10.3 Å². The highest BCUT2D eigenvalue weighted by Gasteiger charge is 2.38. The SMILES string of the molecule is COc1c(OCCc2ccccc2)c(CCc2cccc(-c3cc(C4(C)CCCC4)[nH]c3N3CCNCC3)c2)c2c(c1OCCCO)C(=O)CC(c1ccc(O)cc1)O2. The van der Waals surface area contributed by atoms with Gasteiger partial charge in [0, 0.05) is 67.9 Å². The number of anilines is 1. The molecular formula is C49H57N3O7. The Hall–Kier alpha value is -5.45. The number of hydrogen-bond donors (Lipinski definition) is 4. The number of methoxy groups -OCH3 is 1. The number of aromatic nitrogens is 1. The average molecular weight is 800 g/mol. The van der Waals surface area contributed by atoms with Gasteiger partial charge < -0.3 is 44.4 Å². The lowest BCUT2D eigenvalue weighted by Gasteiger charge is -2.31. The minimum Gasteiger partial charge on any atom is -0.508 e. The maximum Gasteiger partial charge on any atom is 0.204 e. The van der Waals surface area contributed by atoms with Crippen molar-refractivity contribution >= 4 is 11.6 Å². The molecule has 1 aromatic heterocycles. The zero-order valence-electron chi connectivity index (χ0n) is 34.4. The van der Waals surface area contributed by atoms with Crippen LogP contribution < -0.4 is 29.2 Å². The Balaban J connectivity index is 1.18. The van der Waals surface area contributed by atoms with Gasteiger partial charge in [-0.3, -0.25) is 4.79 Å². The number of nitrogens with zero attached hydrogens (tertiary/aromatic N) is 1. The van der Waals surface area contributed by atoms with Crippen LogP contribution in [0.15, 0.2) is 84.9 Å². The summed E-state index contributed by atoms with van der Waals surface area (Å²) in [6.45, 7) is 6.70. The Kier molecular flexibility index (Phi) is 12.5. The van der Waals surface area contributed by atoms with Gasteiger partial charge in [-0.15, -0.1) is 0 Å². The van der Waals surface area contributed by atoms with Crippen molar-refractivity contribution in [3.63, 3.8) is 0 Å². The van der Waals surface area contributed by atoms with Gasteiger partial charge in [-0.25, -0.2) is 0 Å². The lowest BCUT2D eigenvalue weighted by molar-refractivity contribution is 0.0836. The Labute approximate surface area is 347 Å². The fourth-order valence-corrected chi connectivity index (χ4v) is 9.00. The number of ketones is 1. The Morgan fingerprint density at radius 1 is 0.847 bits per heavy atom. The molecule has 8 rings (SSSR count). The number of ether oxygens (including phenoxy) is 4. The van der Waals surface area contributed by atoms with Gasteiger partial charge in [-0.1, -0.05) is 86.5 Å². The van der Waals surface area contributed by atoms with Crippen LogP contribution in [0, 0.1) is 0 Å². The van der Waals surface area contributed by atoms with Gasteiger partial charge in [0.2, 0.25) is 5.75 Å². The molecule has 5 aromatic rings. The summed E-state index contributed by atoms with van der Waals surface area (Å²) in [6, 6.07) is 28.2. The summed E-state index contributed by atoms with van der Waals surface area (Å²) in [7, 11) is 1.57. The summed E-state index contributed by atoms with van der Waals surface area (Å²) in [4.78, 5) is 20.7. The number of phenolic OH excluding ortho intramolecular Hbond substituents is 1. The number of hydrogen-bond acceptors (Lipinski definition) is 9. The van der Waals surface area contributed by atoms with Crippen LogP contribution in [0.4, 0.5) is 5.82 Å². The summed E-state index contributed by atoms with van der Waals surface area (Å²) in [5, 5.41) is 23.2. The minimum atomic E-state index is -0.582. The van der Waals surface area contributed by atoms with Crippen LogP contribution in [0.5, 0.6) is 28.7 Å². The topological polar surface area (TPSA) is 126 Å². The summed E-state index contributed by atoms with van der Waals surface area (Å²) >= 11 is 0. The van der Waals surface area contributed by atoms with E-state index in [0.717, 1.165) is 48.4 Å². The minimum absolute atomic E-state index is 0.0599. The maximum atomic E-state index is 14.3. The van der Waals surface area contributed by atoms with Gasteiger partial charge >= 0.3 is 0 Å². The third kappa shape index (κ3) is 8.80. The highest BCUT2D eigenvalue weighted by Crippen LogP contribution is 2.53. The highest BCUT2D eigenvalue weighted by molar-refractivity contribution is 6.04. The van der Waals surface area contributed by atoms with Gasteiger partial charge in [0.25, 0.3) is 0 Å². The zero-order chi connectivity index (χ0) is 40.8.